The lowest BCUT2D eigenvalue weighted by atomic mass is 10.2. The van der Waals surface area contributed by atoms with Gasteiger partial charge < -0.3 is 9.80 Å². The van der Waals surface area contributed by atoms with Gasteiger partial charge in [-0.05, 0) is 49.4 Å². The molecule has 0 spiro atoms. The number of carbonyl (C=O) groups excluding carboxylic acids is 2. The molecule has 0 aliphatic carbocycles. The number of imide groups is 1. The van der Waals surface area contributed by atoms with E-state index in [0.29, 0.717) is 28.8 Å². The molecule has 8 heteroatoms. The third-order valence-electron chi connectivity index (χ3n) is 6.16. The summed E-state index contributed by atoms with van der Waals surface area (Å²) in [6.07, 6.45) is 0. The molecular formula is C27H27N5O2S. The maximum Gasteiger partial charge on any atom is 0.278 e. The number of hydrogen-bond acceptors (Lipinski definition) is 7. The van der Waals surface area contributed by atoms with Crippen LogP contribution in [0.2, 0.25) is 0 Å². The van der Waals surface area contributed by atoms with Crippen molar-refractivity contribution in [1.29, 1.82) is 0 Å². The van der Waals surface area contributed by atoms with Crippen LogP contribution in [0.15, 0.2) is 82.5 Å². The number of aromatic nitrogens is 2. The smallest absolute Gasteiger partial charge is 0.278 e. The Morgan fingerprint density at radius 1 is 0.771 bits per heavy atom. The number of para-hydroxylation sites is 1. The predicted molar refractivity (Wildman–Crippen MR) is 137 cm³/mol. The van der Waals surface area contributed by atoms with Crippen molar-refractivity contribution in [3.63, 3.8) is 0 Å². The van der Waals surface area contributed by atoms with Crippen LogP contribution >= 0.6 is 11.8 Å². The van der Waals surface area contributed by atoms with Crippen LogP contribution in [0, 0.1) is 13.8 Å². The van der Waals surface area contributed by atoms with Crippen molar-refractivity contribution in [3.8, 4) is 0 Å². The van der Waals surface area contributed by atoms with E-state index < -0.39 is 0 Å². The van der Waals surface area contributed by atoms with Crippen LogP contribution in [0.3, 0.4) is 0 Å². The molecule has 0 saturated carbocycles. The van der Waals surface area contributed by atoms with Crippen LogP contribution in [-0.4, -0.2) is 57.8 Å². The SMILES string of the molecule is Cc1cc(C)nc(SC2=C(N3CCN(c4ccccc4)CC3)C(=O)N(Cc3ccccc3)C2=O)n1. The van der Waals surface area contributed by atoms with Gasteiger partial charge in [-0.15, -0.1) is 0 Å². The largest absolute Gasteiger partial charge is 0.368 e. The standard InChI is InChI=1S/C27H27N5O2S/c1-19-17-20(2)29-27(28-19)35-24-23(25(33)32(26(24)34)18-21-9-5-3-6-10-21)31-15-13-30(14-16-31)22-11-7-4-8-12-22/h3-12,17H,13-16,18H2,1-2H3. The van der Waals surface area contributed by atoms with Gasteiger partial charge >= 0.3 is 0 Å². The molecule has 1 fully saturated rings. The topological polar surface area (TPSA) is 69.6 Å². The molecule has 2 amide bonds. The molecule has 1 aromatic heterocycles. The van der Waals surface area contributed by atoms with Gasteiger partial charge in [0.1, 0.15) is 10.6 Å². The fourth-order valence-electron chi connectivity index (χ4n) is 4.48. The fraction of sp³-hybridized carbons (Fsp3) is 0.259. The number of hydrogen-bond donors (Lipinski definition) is 0. The monoisotopic (exact) mass is 485 g/mol. The highest BCUT2D eigenvalue weighted by Crippen LogP contribution is 2.36. The molecule has 3 heterocycles. The van der Waals surface area contributed by atoms with Gasteiger partial charge in [-0.25, -0.2) is 9.97 Å². The lowest BCUT2D eigenvalue weighted by Crippen LogP contribution is -2.47. The lowest BCUT2D eigenvalue weighted by Gasteiger charge is -2.37. The van der Waals surface area contributed by atoms with E-state index in [1.807, 2.05) is 68.4 Å². The van der Waals surface area contributed by atoms with Crippen LogP contribution in [0.5, 0.6) is 0 Å². The van der Waals surface area contributed by atoms with Crippen molar-refractivity contribution in [2.45, 2.75) is 25.5 Å². The molecule has 2 aliphatic rings. The van der Waals surface area contributed by atoms with Crippen molar-refractivity contribution >= 4 is 29.3 Å². The Labute approximate surface area is 209 Å². The molecule has 0 bridgehead atoms. The van der Waals surface area contributed by atoms with E-state index in [2.05, 4.69) is 31.9 Å². The van der Waals surface area contributed by atoms with Crippen LogP contribution in [0.1, 0.15) is 17.0 Å². The van der Waals surface area contributed by atoms with Gasteiger partial charge in [0.15, 0.2) is 5.16 Å². The van der Waals surface area contributed by atoms with E-state index >= 15 is 0 Å². The average Bonchev–Trinajstić information content (AvgIpc) is 3.09. The summed E-state index contributed by atoms with van der Waals surface area (Å²) in [5.41, 5.74) is 4.20. The Morgan fingerprint density at radius 2 is 1.34 bits per heavy atom. The van der Waals surface area contributed by atoms with Crippen molar-refractivity contribution in [2.24, 2.45) is 0 Å². The van der Waals surface area contributed by atoms with Crippen molar-refractivity contribution < 1.29 is 9.59 Å². The molecule has 0 atom stereocenters. The fourth-order valence-corrected chi connectivity index (χ4v) is 5.55. The van der Waals surface area contributed by atoms with Gasteiger partial charge in [0.05, 0.1) is 6.54 Å². The van der Waals surface area contributed by atoms with Crippen molar-refractivity contribution in [3.05, 3.63) is 94.3 Å². The van der Waals surface area contributed by atoms with Gasteiger partial charge in [0, 0.05) is 43.3 Å². The molecule has 178 valence electrons. The minimum absolute atomic E-state index is 0.240. The van der Waals surface area contributed by atoms with Crippen LogP contribution in [-0.2, 0) is 16.1 Å². The molecule has 35 heavy (non-hydrogen) atoms. The maximum atomic E-state index is 13.6. The van der Waals surface area contributed by atoms with Crippen molar-refractivity contribution in [2.75, 3.05) is 31.1 Å². The first-order valence-electron chi connectivity index (χ1n) is 11.7. The van der Waals surface area contributed by atoms with E-state index in [0.717, 1.165) is 30.0 Å². The number of aryl methyl sites for hydroxylation is 2. The third kappa shape index (κ3) is 4.93. The summed E-state index contributed by atoms with van der Waals surface area (Å²) in [5.74, 6) is -0.536. The molecule has 2 aliphatic heterocycles. The van der Waals surface area contributed by atoms with E-state index in [4.69, 9.17) is 0 Å². The number of nitrogens with zero attached hydrogens (tertiary/aromatic N) is 5. The number of carbonyl (C=O) groups is 2. The first kappa shape index (κ1) is 23.1. The van der Waals surface area contributed by atoms with E-state index in [9.17, 15) is 9.59 Å². The Bertz CT molecular complexity index is 1250. The van der Waals surface area contributed by atoms with Gasteiger partial charge in [0.2, 0.25) is 0 Å². The van der Waals surface area contributed by atoms with Crippen LogP contribution in [0.4, 0.5) is 5.69 Å². The molecule has 1 saturated heterocycles. The van der Waals surface area contributed by atoms with Crippen LogP contribution in [0.25, 0.3) is 0 Å². The highest BCUT2D eigenvalue weighted by atomic mass is 32.2. The first-order valence-corrected chi connectivity index (χ1v) is 12.5. The van der Waals surface area contributed by atoms with Crippen LogP contribution < -0.4 is 4.90 Å². The Kier molecular flexibility index (Phi) is 6.55. The molecule has 0 N–H and O–H groups in total. The van der Waals surface area contributed by atoms with Gasteiger partial charge in [-0.2, -0.15) is 0 Å². The predicted octanol–water partition coefficient (Wildman–Crippen LogP) is 3.79. The number of rotatable bonds is 6. The zero-order chi connectivity index (χ0) is 24.4. The Hall–Kier alpha value is -3.65. The minimum Gasteiger partial charge on any atom is -0.368 e. The first-order chi connectivity index (χ1) is 17.0. The maximum absolute atomic E-state index is 13.6. The summed E-state index contributed by atoms with van der Waals surface area (Å²) >= 11 is 1.19. The van der Waals surface area contributed by atoms with Gasteiger partial charge in [-0.1, -0.05) is 48.5 Å². The second-order valence-corrected chi connectivity index (χ2v) is 9.68. The summed E-state index contributed by atoms with van der Waals surface area (Å²) in [4.78, 5) is 42.3. The highest BCUT2D eigenvalue weighted by molar-refractivity contribution is 8.04. The van der Waals surface area contributed by atoms with E-state index in [-0.39, 0.29) is 18.4 Å². The zero-order valence-corrected chi connectivity index (χ0v) is 20.7. The quantitative estimate of drug-likeness (QED) is 0.389. The lowest BCUT2D eigenvalue weighted by molar-refractivity contribution is -0.138. The van der Waals surface area contributed by atoms with E-state index in [1.54, 1.807) is 0 Å². The summed E-state index contributed by atoms with van der Waals surface area (Å²) < 4.78 is 0. The normalized spacial score (nSPS) is 16.5. The molecule has 7 nitrogen and oxygen atoms in total. The summed E-state index contributed by atoms with van der Waals surface area (Å²) in [6.45, 7) is 6.89. The number of thioether (sulfide) groups is 1. The van der Waals surface area contributed by atoms with E-state index in [1.165, 1.54) is 22.3 Å². The molecule has 3 aromatic rings. The molecular weight excluding hydrogens is 458 g/mol. The molecule has 0 unspecified atom stereocenters. The highest BCUT2D eigenvalue weighted by Gasteiger charge is 2.42. The second kappa shape index (κ2) is 9.92. The van der Waals surface area contributed by atoms with Crippen molar-refractivity contribution in [1.82, 2.24) is 19.8 Å². The summed E-state index contributed by atoms with van der Waals surface area (Å²) in [7, 11) is 0. The Morgan fingerprint density at radius 3 is 1.97 bits per heavy atom. The minimum atomic E-state index is -0.285. The molecule has 5 rings (SSSR count). The average molecular weight is 486 g/mol. The number of amides is 2. The number of piperazine rings is 1. The summed E-state index contributed by atoms with van der Waals surface area (Å²) in [5, 5.41) is 0.487. The summed E-state index contributed by atoms with van der Waals surface area (Å²) in [6, 6.07) is 21.8. The third-order valence-corrected chi connectivity index (χ3v) is 7.10. The Balaban J connectivity index is 1.43. The zero-order valence-electron chi connectivity index (χ0n) is 19.8. The number of anilines is 1. The molecule has 2 aromatic carbocycles. The molecule has 0 radical (unpaired) electrons. The second-order valence-electron chi connectivity index (χ2n) is 8.70. The van der Waals surface area contributed by atoms with Gasteiger partial charge in [0.25, 0.3) is 11.8 Å². The number of benzene rings is 2. The van der Waals surface area contributed by atoms with Gasteiger partial charge in [-0.3, -0.25) is 14.5 Å².